The fourth-order valence-electron chi connectivity index (χ4n) is 2.14. The Morgan fingerprint density at radius 3 is 2.35 bits per heavy atom. The van der Waals surface area contributed by atoms with Crippen LogP contribution < -0.4 is 11.1 Å². The summed E-state index contributed by atoms with van der Waals surface area (Å²) in [6.07, 6.45) is 0.301. The van der Waals surface area contributed by atoms with Crippen molar-refractivity contribution in [2.24, 2.45) is 5.73 Å². The number of amides is 1. The van der Waals surface area contributed by atoms with Crippen LogP contribution >= 0.6 is 0 Å². The second kappa shape index (κ2) is 6.87. The molecule has 1 amide bonds. The Labute approximate surface area is 119 Å². The molecule has 0 saturated carbocycles. The first-order valence-corrected chi connectivity index (χ1v) is 6.77. The van der Waals surface area contributed by atoms with Crippen molar-refractivity contribution in [3.05, 3.63) is 71.3 Å². The first-order chi connectivity index (χ1) is 9.65. The van der Waals surface area contributed by atoms with Gasteiger partial charge in [0.05, 0.1) is 0 Å². The Kier molecular flexibility index (Phi) is 4.91. The second-order valence-electron chi connectivity index (χ2n) is 5.00. The third-order valence-electron chi connectivity index (χ3n) is 3.28. The summed E-state index contributed by atoms with van der Waals surface area (Å²) in [5, 5.41) is 3.40. The lowest BCUT2D eigenvalue weighted by Gasteiger charge is -2.18. The predicted octanol–water partition coefficient (Wildman–Crippen LogP) is 2.70. The highest BCUT2D eigenvalue weighted by Crippen LogP contribution is 2.17. The van der Waals surface area contributed by atoms with Crippen molar-refractivity contribution in [3.63, 3.8) is 0 Å². The maximum atomic E-state index is 11.2. The van der Waals surface area contributed by atoms with Gasteiger partial charge in [-0.25, -0.2) is 0 Å². The van der Waals surface area contributed by atoms with Gasteiger partial charge in [-0.2, -0.15) is 0 Å². The number of benzene rings is 2. The molecular formula is C17H20N2O. The zero-order valence-corrected chi connectivity index (χ0v) is 11.7. The number of hydrogen-bond donors (Lipinski definition) is 2. The number of carbonyl (C=O) groups excluding carboxylic acids is 1. The first-order valence-electron chi connectivity index (χ1n) is 6.77. The van der Waals surface area contributed by atoms with Crippen molar-refractivity contribution in [3.8, 4) is 0 Å². The molecule has 0 heterocycles. The molecule has 0 spiro atoms. The van der Waals surface area contributed by atoms with Crippen molar-refractivity contribution >= 4 is 5.91 Å². The molecule has 0 bridgehead atoms. The summed E-state index contributed by atoms with van der Waals surface area (Å²) in [6.45, 7) is 2.78. The van der Waals surface area contributed by atoms with Gasteiger partial charge in [-0.3, -0.25) is 4.79 Å². The van der Waals surface area contributed by atoms with Crippen molar-refractivity contribution < 1.29 is 4.79 Å². The van der Waals surface area contributed by atoms with Gasteiger partial charge in [0, 0.05) is 19.0 Å². The topological polar surface area (TPSA) is 55.1 Å². The number of carbonyl (C=O) groups is 1. The van der Waals surface area contributed by atoms with Gasteiger partial charge in [-0.15, -0.1) is 0 Å². The minimum Gasteiger partial charge on any atom is -0.370 e. The van der Waals surface area contributed by atoms with Crippen LogP contribution in [0, 0.1) is 6.92 Å². The maximum absolute atomic E-state index is 11.2. The van der Waals surface area contributed by atoms with E-state index in [0.717, 1.165) is 5.56 Å². The number of hydrogen-bond acceptors (Lipinski definition) is 2. The van der Waals surface area contributed by atoms with Crippen LogP contribution in [-0.4, -0.2) is 5.91 Å². The Balaban J connectivity index is 2.04. The van der Waals surface area contributed by atoms with Crippen LogP contribution in [0.5, 0.6) is 0 Å². The largest absolute Gasteiger partial charge is 0.370 e. The fraction of sp³-hybridized carbons (Fsp3) is 0.235. The molecule has 3 nitrogen and oxygen atoms in total. The Morgan fingerprint density at radius 1 is 1.10 bits per heavy atom. The van der Waals surface area contributed by atoms with E-state index in [0.29, 0.717) is 13.0 Å². The molecule has 104 valence electrons. The van der Waals surface area contributed by atoms with Gasteiger partial charge in [-0.05, 0) is 18.1 Å². The monoisotopic (exact) mass is 268 g/mol. The summed E-state index contributed by atoms with van der Waals surface area (Å²) in [5.41, 5.74) is 8.86. The zero-order chi connectivity index (χ0) is 14.4. The Morgan fingerprint density at radius 2 is 1.75 bits per heavy atom. The summed E-state index contributed by atoms with van der Waals surface area (Å²) in [6, 6.07) is 18.2. The molecule has 0 aliphatic heterocycles. The van der Waals surface area contributed by atoms with Crippen LogP contribution in [0.3, 0.4) is 0 Å². The number of rotatable bonds is 6. The van der Waals surface area contributed by atoms with E-state index in [1.165, 1.54) is 11.1 Å². The highest BCUT2D eigenvalue weighted by Gasteiger charge is 2.13. The number of primary amides is 1. The third kappa shape index (κ3) is 4.21. The lowest BCUT2D eigenvalue weighted by molar-refractivity contribution is -0.118. The van der Waals surface area contributed by atoms with Gasteiger partial charge in [0.1, 0.15) is 0 Å². The van der Waals surface area contributed by atoms with Gasteiger partial charge < -0.3 is 11.1 Å². The molecule has 1 unspecified atom stereocenters. The van der Waals surface area contributed by atoms with Crippen molar-refractivity contribution in [2.45, 2.75) is 25.9 Å². The predicted molar refractivity (Wildman–Crippen MR) is 81.0 cm³/mol. The molecule has 0 aliphatic rings. The molecule has 2 rings (SSSR count). The maximum Gasteiger partial charge on any atom is 0.219 e. The SMILES string of the molecule is Cc1ccc(CNC(CC(N)=O)c2ccccc2)cc1. The molecular weight excluding hydrogens is 248 g/mol. The van der Waals surface area contributed by atoms with E-state index in [4.69, 9.17) is 5.73 Å². The fourth-order valence-corrected chi connectivity index (χ4v) is 2.14. The zero-order valence-electron chi connectivity index (χ0n) is 11.7. The van der Waals surface area contributed by atoms with Crippen molar-refractivity contribution in [1.82, 2.24) is 5.32 Å². The van der Waals surface area contributed by atoms with E-state index in [-0.39, 0.29) is 11.9 Å². The van der Waals surface area contributed by atoms with Crippen LogP contribution in [0.15, 0.2) is 54.6 Å². The third-order valence-corrected chi connectivity index (χ3v) is 3.28. The summed E-state index contributed by atoms with van der Waals surface area (Å²) in [4.78, 5) is 11.2. The molecule has 3 N–H and O–H groups in total. The van der Waals surface area contributed by atoms with Crippen molar-refractivity contribution in [2.75, 3.05) is 0 Å². The number of nitrogens with two attached hydrogens (primary N) is 1. The van der Waals surface area contributed by atoms with Crippen molar-refractivity contribution in [1.29, 1.82) is 0 Å². The van der Waals surface area contributed by atoms with Gasteiger partial charge in [-0.1, -0.05) is 60.2 Å². The van der Waals surface area contributed by atoms with Crippen LogP contribution in [-0.2, 0) is 11.3 Å². The van der Waals surface area contributed by atoms with Gasteiger partial charge in [0.15, 0.2) is 0 Å². The van der Waals surface area contributed by atoms with Gasteiger partial charge in [0.2, 0.25) is 5.91 Å². The van der Waals surface area contributed by atoms with Gasteiger partial charge in [0.25, 0.3) is 0 Å². The summed E-state index contributed by atoms with van der Waals surface area (Å²) in [5.74, 6) is -0.296. The standard InChI is InChI=1S/C17H20N2O/c1-13-7-9-14(10-8-13)12-19-16(11-17(18)20)15-5-3-2-4-6-15/h2-10,16,19H,11-12H2,1H3,(H2,18,20). The molecule has 0 saturated heterocycles. The van der Waals surface area contributed by atoms with Crippen LogP contribution in [0.4, 0.5) is 0 Å². The van der Waals surface area contributed by atoms with E-state index >= 15 is 0 Å². The molecule has 0 aromatic heterocycles. The lowest BCUT2D eigenvalue weighted by Crippen LogP contribution is -2.26. The Bertz CT molecular complexity index is 549. The molecule has 3 heteroatoms. The number of nitrogens with one attached hydrogen (secondary N) is 1. The minimum absolute atomic E-state index is 0.0463. The van der Waals surface area contributed by atoms with E-state index in [9.17, 15) is 4.79 Å². The second-order valence-corrected chi connectivity index (χ2v) is 5.00. The average Bonchev–Trinajstić information content (AvgIpc) is 2.46. The quantitative estimate of drug-likeness (QED) is 0.846. The molecule has 0 fully saturated rings. The van der Waals surface area contributed by atoms with Gasteiger partial charge >= 0.3 is 0 Å². The van der Waals surface area contributed by atoms with E-state index in [2.05, 4.69) is 36.5 Å². The first kappa shape index (κ1) is 14.3. The average molecular weight is 268 g/mol. The van der Waals surface area contributed by atoms with Crippen LogP contribution in [0.1, 0.15) is 29.2 Å². The lowest BCUT2D eigenvalue weighted by atomic mass is 10.0. The van der Waals surface area contributed by atoms with Crippen LogP contribution in [0.25, 0.3) is 0 Å². The molecule has 0 radical (unpaired) electrons. The highest BCUT2D eigenvalue weighted by atomic mass is 16.1. The summed E-state index contributed by atoms with van der Waals surface area (Å²) < 4.78 is 0. The smallest absolute Gasteiger partial charge is 0.219 e. The molecule has 2 aromatic rings. The summed E-state index contributed by atoms with van der Waals surface area (Å²) in [7, 11) is 0. The Hall–Kier alpha value is -2.13. The summed E-state index contributed by atoms with van der Waals surface area (Å²) >= 11 is 0. The molecule has 2 aromatic carbocycles. The minimum atomic E-state index is -0.296. The van der Waals surface area contributed by atoms with Crippen LogP contribution in [0.2, 0.25) is 0 Å². The van der Waals surface area contributed by atoms with E-state index < -0.39 is 0 Å². The molecule has 1 atom stereocenters. The highest BCUT2D eigenvalue weighted by molar-refractivity contribution is 5.74. The van der Waals surface area contributed by atoms with E-state index in [1.54, 1.807) is 0 Å². The number of aryl methyl sites for hydroxylation is 1. The molecule has 20 heavy (non-hydrogen) atoms. The van der Waals surface area contributed by atoms with E-state index in [1.807, 2.05) is 30.3 Å². The molecule has 0 aliphatic carbocycles. The normalized spacial score (nSPS) is 12.1.